The van der Waals surface area contributed by atoms with Crippen LogP contribution in [0.5, 0.6) is 5.88 Å². The molecule has 6 heteroatoms. The third kappa shape index (κ3) is 1.38. The van der Waals surface area contributed by atoms with E-state index in [4.69, 9.17) is 0 Å². The Morgan fingerprint density at radius 3 is 2.82 bits per heavy atom. The van der Waals surface area contributed by atoms with Gasteiger partial charge in [-0.05, 0) is 12.1 Å². The summed E-state index contributed by atoms with van der Waals surface area (Å²) in [5.41, 5.74) is 1.31. The van der Waals surface area contributed by atoms with Gasteiger partial charge in [0.2, 0.25) is 5.88 Å². The number of rotatable bonds is 1. The Morgan fingerprint density at radius 1 is 1.24 bits per heavy atom. The number of hydrogen-bond donors (Lipinski definition) is 2. The van der Waals surface area contributed by atoms with E-state index in [1.54, 1.807) is 30.6 Å². The number of benzene rings is 1. The van der Waals surface area contributed by atoms with Gasteiger partial charge in [0.1, 0.15) is 5.52 Å². The second-order valence-electron chi connectivity index (χ2n) is 3.49. The summed E-state index contributed by atoms with van der Waals surface area (Å²) in [4.78, 5) is 22.3. The predicted octanol–water partition coefficient (Wildman–Crippen LogP) is 0.814. The molecular weight excluding hydrogens is 220 g/mol. The van der Waals surface area contributed by atoms with E-state index in [0.717, 1.165) is 4.57 Å². The molecule has 2 N–H and O–H groups in total. The number of fused-ring (bicyclic) bond motifs is 1. The SMILES string of the molecule is O=c1[nH]cc(O)n1-c1cccc2nccnc12. The molecule has 0 saturated heterocycles. The maximum absolute atomic E-state index is 11.6. The van der Waals surface area contributed by atoms with Gasteiger partial charge >= 0.3 is 5.69 Å². The maximum Gasteiger partial charge on any atom is 0.333 e. The molecule has 3 rings (SSSR count). The van der Waals surface area contributed by atoms with Crippen LogP contribution in [0.3, 0.4) is 0 Å². The number of hydrogen-bond acceptors (Lipinski definition) is 4. The zero-order valence-electron chi connectivity index (χ0n) is 8.66. The van der Waals surface area contributed by atoms with Crippen LogP contribution >= 0.6 is 0 Å². The quantitative estimate of drug-likeness (QED) is 0.645. The number of nitrogens with zero attached hydrogens (tertiary/aromatic N) is 3. The Morgan fingerprint density at radius 2 is 2.06 bits per heavy atom. The van der Waals surface area contributed by atoms with E-state index < -0.39 is 5.69 Å². The van der Waals surface area contributed by atoms with E-state index in [1.165, 1.54) is 6.20 Å². The highest BCUT2D eigenvalue weighted by Gasteiger charge is 2.11. The van der Waals surface area contributed by atoms with Gasteiger partial charge in [-0.2, -0.15) is 0 Å². The average molecular weight is 228 g/mol. The monoisotopic (exact) mass is 228 g/mol. The van der Waals surface area contributed by atoms with Gasteiger partial charge in [0, 0.05) is 12.4 Å². The lowest BCUT2D eigenvalue weighted by atomic mass is 10.2. The molecule has 0 atom stereocenters. The zero-order valence-corrected chi connectivity index (χ0v) is 8.66. The molecule has 2 heterocycles. The summed E-state index contributed by atoms with van der Waals surface area (Å²) >= 11 is 0. The summed E-state index contributed by atoms with van der Waals surface area (Å²) in [7, 11) is 0. The highest BCUT2D eigenvalue weighted by Crippen LogP contribution is 2.20. The molecule has 0 aliphatic carbocycles. The molecule has 0 amide bonds. The minimum absolute atomic E-state index is 0.159. The van der Waals surface area contributed by atoms with Crippen molar-refractivity contribution in [1.29, 1.82) is 0 Å². The van der Waals surface area contributed by atoms with Crippen molar-refractivity contribution in [2.75, 3.05) is 0 Å². The van der Waals surface area contributed by atoms with Crippen molar-refractivity contribution >= 4 is 11.0 Å². The number of aromatic amines is 1. The first-order valence-electron chi connectivity index (χ1n) is 4.97. The van der Waals surface area contributed by atoms with E-state index in [2.05, 4.69) is 15.0 Å². The molecule has 0 spiro atoms. The predicted molar refractivity (Wildman–Crippen MR) is 61.2 cm³/mol. The molecule has 0 aliphatic rings. The Balaban J connectivity index is 2.43. The molecular formula is C11H8N4O2. The fourth-order valence-corrected chi connectivity index (χ4v) is 1.75. The third-order valence-electron chi connectivity index (χ3n) is 2.48. The Bertz CT molecular complexity index is 739. The van der Waals surface area contributed by atoms with Gasteiger partial charge < -0.3 is 10.1 Å². The lowest BCUT2D eigenvalue weighted by Crippen LogP contribution is -2.15. The minimum atomic E-state index is -0.416. The molecule has 17 heavy (non-hydrogen) atoms. The Hall–Kier alpha value is -2.63. The normalized spacial score (nSPS) is 10.8. The second-order valence-corrected chi connectivity index (χ2v) is 3.49. The molecule has 0 unspecified atom stereocenters. The molecule has 3 aromatic rings. The molecule has 0 bridgehead atoms. The summed E-state index contributed by atoms with van der Waals surface area (Å²) in [5, 5.41) is 9.63. The van der Waals surface area contributed by atoms with E-state index in [9.17, 15) is 9.90 Å². The van der Waals surface area contributed by atoms with Crippen molar-refractivity contribution in [3.8, 4) is 11.6 Å². The Labute approximate surface area is 95.2 Å². The molecule has 1 aromatic carbocycles. The van der Waals surface area contributed by atoms with Crippen LogP contribution in [0.25, 0.3) is 16.7 Å². The Kier molecular flexibility index (Phi) is 1.94. The molecule has 84 valence electrons. The number of imidazole rings is 1. The summed E-state index contributed by atoms with van der Waals surface area (Å²) in [5.74, 6) is -0.159. The van der Waals surface area contributed by atoms with Gasteiger partial charge in [-0.1, -0.05) is 6.07 Å². The fourth-order valence-electron chi connectivity index (χ4n) is 1.75. The summed E-state index contributed by atoms with van der Waals surface area (Å²) in [6, 6.07) is 5.25. The van der Waals surface area contributed by atoms with Crippen LogP contribution < -0.4 is 5.69 Å². The van der Waals surface area contributed by atoms with E-state index in [-0.39, 0.29) is 5.88 Å². The summed E-state index contributed by atoms with van der Waals surface area (Å²) in [6.45, 7) is 0. The first-order valence-corrected chi connectivity index (χ1v) is 4.97. The van der Waals surface area contributed by atoms with Gasteiger partial charge in [-0.25, -0.2) is 9.36 Å². The van der Waals surface area contributed by atoms with Crippen molar-refractivity contribution in [1.82, 2.24) is 19.5 Å². The lowest BCUT2D eigenvalue weighted by Gasteiger charge is -2.05. The van der Waals surface area contributed by atoms with Crippen molar-refractivity contribution in [2.24, 2.45) is 0 Å². The number of nitrogens with one attached hydrogen (secondary N) is 1. The van der Waals surface area contributed by atoms with Crippen LogP contribution in [-0.4, -0.2) is 24.6 Å². The minimum Gasteiger partial charge on any atom is -0.493 e. The largest absolute Gasteiger partial charge is 0.493 e. The fraction of sp³-hybridized carbons (Fsp3) is 0. The topological polar surface area (TPSA) is 83.8 Å². The van der Waals surface area contributed by atoms with Gasteiger partial charge in [-0.15, -0.1) is 0 Å². The number of aromatic hydroxyl groups is 1. The molecule has 0 saturated carbocycles. The van der Waals surface area contributed by atoms with Crippen molar-refractivity contribution in [2.45, 2.75) is 0 Å². The molecule has 2 aromatic heterocycles. The van der Waals surface area contributed by atoms with Gasteiger partial charge in [0.05, 0.1) is 17.4 Å². The van der Waals surface area contributed by atoms with Crippen molar-refractivity contribution in [3.63, 3.8) is 0 Å². The molecule has 0 radical (unpaired) electrons. The van der Waals surface area contributed by atoms with E-state index in [1.807, 2.05) is 0 Å². The maximum atomic E-state index is 11.6. The van der Waals surface area contributed by atoms with Crippen LogP contribution in [0.1, 0.15) is 0 Å². The number of H-pyrrole nitrogens is 1. The van der Waals surface area contributed by atoms with Gasteiger partial charge in [0.15, 0.2) is 0 Å². The van der Waals surface area contributed by atoms with Crippen LogP contribution in [0, 0.1) is 0 Å². The molecule has 0 aliphatic heterocycles. The third-order valence-corrected chi connectivity index (χ3v) is 2.48. The number of aromatic nitrogens is 4. The first kappa shape index (κ1) is 9.59. The van der Waals surface area contributed by atoms with Crippen molar-refractivity contribution < 1.29 is 5.11 Å². The molecule has 6 nitrogen and oxygen atoms in total. The first-order chi connectivity index (χ1) is 8.27. The van der Waals surface area contributed by atoms with E-state index >= 15 is 0 Å². The molecule has 0 fully saturated rings. The van der Waals surface area contributed by atoms with E-state index in [0.29, 0.717) is 16.7 Å². The highest BCUT2D eigenvalue weighted by molar-refractivity contribution is 5.83. The van der Waals surface area contributed by atoms with Crippen LogP contribution in [-0.2, 0) is 0 Å². The average Bonchev–Trinajstić information content (AvgIpc) is 2.69. The smallest absolute Gasteiger partial charge is 0.333 e. The standard InChI is InChI=1S/C11H8N4O2/c16-9-6-14-11(17)15(9)8-3-1-2-7-10(8)13-5-4-12-7/h1-6,16H,(H,14,17). The van der Waals surface area contributed by atoms with Gasteiger partial charge in [-0.3, -0.25) is 9.97 Å². The van der Waals surface area contributed by atoms with Gasteiger partial charge in [0.25, 0.3) is 0 Å². The second kappa shape index (κ2) is 3.44. The van der Waals surface area contributed by atoms with Crippen LogP contribution in [0.15, 0.2) is 41.6 Å². The highest BCUT2D eigenvalue weighted by atomic mass is 16.3. The van der Waals surface area contributed by atoms with Crippen LogP contribution in [0.4, 0.5) is 0 Å². The van der Waals surface area contributed by atoms with Crippen molar-refractivity contribution in [3.05, 3.63) is 47.3 Å². The zero-order chi connectivity index (χ0) is 11.8. The lowest BCUT2D eigenvalue weighted by molar-refractivity contribution is 0.441. The van der Waals surface area contributed by atoms with Crippen LogP contribution in [0.2, 0.25) is 0 Å². The summed E-state index contributed by atoms with van der Waals surface area (Å²) < 4.78 is 1.15. The number of para-hydroxylation sites is 1. The summed E-state index contributed by atoms with van der Waals surface area (Å²) in [6.07, 6.45) is 4.35.